The van der Waals surface area contributed by atoms with E-state index in [4.69, 9.17) is 4.74 Å². The van der Waals surface area contributed by atoms with Crippen LogP contribution in [0.15, 0.2) is 79.0 Å². The lowest BCUT2D eigenvalue weighted by Gasteiger charge is -2.34. The van der Waals surface area contributed by atoms with Crippen LogP contribution in [0.1, 0.15) is 28.7 Å². The molecular weight excluding hydrogens is 371 g/mol. The molecule has 0 spiro atoms. The molecule has 1 aromatic heterocycles. The number of benzene rings is 3. The number of hydrogen-bond donors (Lipinski definition) is 1. The molecule has 29 heavy (non-hydrogen) atoms. The van der Waals surface area contributed by atoms with Crippen LogP contribution in [-0.2, 0) is 0 Å². The van der Waals surface area contributed by atoms with E-state index < -0.39 is 23.9 Å². The number of ether oxygens (including phenoxy) is 1. The van der Waals surface area contributed by atoms with Gasteiger partial charge in [0.05, 0.1) is 5.92 Å². The Morgan fingerprint density at radius 2 is 1.76 bits per heavy atom. The molecule has 0 unspecified atom stereocenters. The van der Waals surface area contributed by atoms with Crippen molar-refractivity contribution in [1.82, 2.24) is 4.98 Å². The number of nitrogens with one attached hydrogen (secondary N) is 1. The Hall–Kier alpha value is -3.67. The lowest BCUT2D eigenvalue weighted by Crippen LogP contribution is -2.40. The number of para-hydroxylation sites is 2. The molecule has 0 radical (unpaired) electrons. The zero-order valence-electron chi connectivity index (χ0n) is 15.3. The number of H-pyrrole nitrogens is 1. The first-order valence-corrected chi connectivity index (χ1v) is 9.34. The highest BCUT2D eigenvalue weighted by atomic mass is 19.1. The number of nitrogens with zero attached hydrogens (tertiary/aromatic N) is 1. The number of halogens is 1. The second-order valence-corrected chi connectivity index (χ2v) is 7.17. The molecule has 1 aliphatic rings. The van der Waals surface area contributed by atoms with Gasteiger partial charge in [0, 0.05) is 33.1 Å². The van der Waals surface area contributed by atoms with E-state index in [2.05, 4.69) is 4.98 Å². The predicted molar refractivity (Wildman–Crippen MR) is 107 cm³/mol. The number of nitro groups is 1. The molecule has 1 N–H and O–H groups in total. The number of aromatic amines is 1. The Labute approximate surface area is 165 Å². The molecule has 6 heteroatoms. The molecule has 0 aliphatic carbocycles. The molecule has 0 fully saturated rings. The molecule has 0 bridgehead atoms. The molecule has 0 saturated heterocycles. The standard InChI is InChI=1S/C23H17FN2O3/c24-15-7-5-6-14(12-15)23-22(26(27)28)21(17-9-2-4-11-20(17)29-23)18-13-25-19-10-3-1-8-16(18)19/h1-13,21-23,25H/t21-,22-,23-/m0/s1. The van der Waals surface area contributed by atoms with E-state index in [-0.39, 0.29) is 4.92 Å². The minimum atomic E-state index is -1.11. The first-order valence-electron chi connectivity index (χ1n) is 9.34. The largest absolute Gasteiger partial charge is 0.478 e. The number of fused-ring (bicyclic) bond motifs is 2. The van der Waals surface area contributed by atoms with Gasteiger partial charge in [-0.05, 0) is 29.8 Å². The van der Waals surface area contributed by atoms with Crippen LogP contribution in [0.5, 0.6) is 5.75 Å². The monoisotopic (exact) mass is 388 g/mol. The first kappa shape index (κ1) is 17.4. The summed E-state index contributed by atoms with van der Waals surface area (Å²) in [4.78, 5) is 15.2. The Bertz CT molecular complexity index is 1220. The Kier molecular flexibility index (Phi) is 4.05. The molecule has 2 heterocycles. The van der Waals surface area contributed by atoms with Crippen molar-refractivity contribution in [2.24, 2.45) is 0 Å². The quantitative estimate of drug-likeness (QED) is 0.387. The van der Waals surface area contributed by atoms with Gasteiger partial charge >= 0.3 is 0 Å². The number of aromatic nitrogens is 1. The van der Waals surface area contributed by atoms with E-state index >= 15 is 0 Å². The molecule has 5 rings (SSSR count). The lowest BCUT2D eigenvalue weighted by atomic mass is 9.78. The van der Waals surface area contributed by atoms with Crippen LogP contribution >= 0.6 is 0 Å². The van der Waals surface area contributed by atoms with Crippen molar-refractivity contribution in [2.75, 3.05) is 0 Å². The van der Waals surface area contributed by atoms with Crippen LogP contribution in [0.2, 0.25) is 0 Å². The van der Waals surface area contributed by atoms with Crippen molar-refractivity contribution in [3.05, 3.63) is 112 Å². The van der Waals surface area contributed by atoms with Crippen molar-refractivity contribution in [2.45, 2.75) is 18.1 Å². The SMILES string of the molecule is O=[N+]([O-])[C@H]1[C@H](c2c[nH]c3ccccc23)c2ccccc2O[C@H]1c1cccc(F)c1. The molecule has 144 valence electrons. The van der Waals surface area contributed by atoms with E-state index in [1.54, 1.807) is 18.2 Å². The highest BCUT2D eigenvalue weighted by Crippen LogP contribution is 2.48. The van der Waals surface area contributed by atoms with Gasteiger partial charge in [-0.2, -0.15) is 0 Å². The van der Waals surface area contributed by atoms with Crippen LogP contribution < -0.4 is 4.74 Å². The van der Waals surface area contributed by atoms with Crippen LogP contribution in [0.25, 0.3) is 10.9 Å². The lowest BCUT2D eigenvalue weighted by molar-refractivity contribution is -0.538. The average molecular weight is 388 g/mol. The topological polar surface area (TPSA) is 68.2 Å². The molecule has 5 nitrogen and oxygen atoms in total. The smallest absolute Gasteiger partial charge is 0.264 e. The van der Waals surface area contributed by atoms with Gasteiger partial charge in [0.2, 0.25) is 0 Å². The van der Waals surface area contributed by atoms with Gasteiger partial charge in [-0.3, -0.25) is 10.1 Å². The van der Waals surface area contributed by atoms with Gasteiger partial charge in [0.15, 0.2) is 6.10 Å². The summed E-state index contributed by atoms with van der Waals surface area (Å²) in [7, 11) is 0. The van der Waals surface area contributed by atoms with E-state index in [1.807, 2.05) is 48.7 Å². The van der Waals surface area contributed by atoms with Crippen LogP contribution in [0, 0.1) is 15.9 Å². The summed E-state index contributed by atoms with van der Waals surface area (Å²) in [6.07, 6.45) is 0.922. The van der Waals surface area contributed by atoms with Gasteiger partial charge in [-0.1, -0.05) is 48.5 Å². The zero-order chi connectivity index (χ0) is 20.0. The minimum Gasteiger partial charge on any atom is -0.478 e. The Balaban J connectivity index is 1.75. The van der Waals surface area contributed by atoms with Gasteiger partial charge in [0.1, 0.15) is 11.6 Å². The summed E-state index contributed by atoms with van der Waals surface area (Å²) in [5, 5.41) is 13.2. The van der Waals surface area contributed by atoms with Crippen LogP contribution in [-0.4, -0.2) is 15.9 Å². The maximum absolute atomic E-state index is 13.9. The summed E-state index contributed by atoms with van der Waals surface area (Å²) >= 11 is 0. The van der Waals surface area contributed by atoms with E-state index in [9.17, 15) is 14.5 Å². The highest BCUT2D eigenvalue weighted by molar-refractivity contribution is 5.84. The average Bonchev–Trinajstić information content (AvgIpc) is 3.16. The van der Waals surface area contributed by atoms with Crippen LogP contribution in [0.4, 0.5) is 4.39 Å². The Morgan fingerprint density at radius 3 is 2.59 bits per heavy atom. The van der Waals surface area contributed by atoms with E-state index in [0.29, 0.717) is 11.3 Å². The minimum absolute atomic E-state index is 0.308. The molecular formula is C23H17FN2O3. The van der Waals surface area contributed by atoms with Crippen molar-refractivity contribution >= 4 is 10.9 Å². The van der Waals surface area contributed by atoms with Gasteiger partial charge in [-0.25, -0.2) is 4.39 Å². The van der Waals surface area contributed by atoms with Gasteiger partial charge in [0.25, 0.3) is 6.04 Å². The second-order valence-electron chi connectivity index (χ2n) is 7.17. The molecule has 4 aromatic rings. The molecule has 0 saturated carbocycles. The first-order chi connectivity index (χ1) is 14.1. The van der Waals surface area contributed by atoms with Gasteiger partial charge < -0.3 is 9.72 Å². The third kappa shape index (κ3) is 2.84. The Morgan fingerprint density at radius 1 is 0.966 bits per heavy atom. The molecule has 0 amide bonds. The summed E-state index contributed by atoms with van der Waals surface area (Å²) in [5.74, 6) is -0.412. The molecule has 3 atom stereocenters. The maximum atomic E-state index is 13.9. The highest BCUT2D eigenvalue weighted by Gasteiger charge is 2.48. The summed E-state index contributed by atoms with van der Waals surface area (Å²) in [5.41, 5.74) is 2.95. The summed E-state index contributed by atoms with van der Waals surface area (Å²) < 4.78 is 20.0. The maximum Gasteiger partial charge on any atom is 0.264 e. The number of rotatable bonds is 3. The second kappa shape index (κ2) is 6.74. The summed E-state index contributed by atoms with van der Waals surface area (Å²) in [6, 6.07) is 19.8. The normalized spacial score (nSPS) is 20.8. The predicted octanol–water partition coefficient (Wildman–Crippen LogP) is 5.22. The van der Waals surface area contributed by atoms with Crippen LogP contribution in [0.3, 0.4) is 0 Å². The zero-order valence-corrected chi connectivity index (χ0v) is 15.3. The fraction of sp³-hybridized carbons (Fsp3) is 0.130. The fourth-order valence-electron chi connectivity index (χ4n) is 4.29. The van der Waals surface area contributed by atoms with Gasteiger partial charge in [-0.15, -0.1) is 0 Å². The van der Waals surface area contributed by atoms with E-state index in [0.717, 1.165) is 22.0 Å². The van der Waals surface area contributed by atoms with E-state index in [1.165, 1.54) is 12.1 Å². The third-order valence-corrected chi connectivity index (χ3v) is 5.54. The van der Waals surface area contributed by atoms with Crippen molar-refractivity contribution in [3.63, 3.8) is 0 Å². The van der Waals surface area contributed by atoms with Crippen molar-refractivity contribution in [1.29, 1.82) is 0 Å². The number of hydrogen-bond acceptors (Lipinski definition) is 3. The fourth-order valence-corrected chi connectivity index (χ4v) is 4.29. The van der Waals surface area contributed by atoms with Crippen molar-refractivity contribution < 1.29 is 14.1 Å². The summed E-state index contributed by atoms with van der Waals surface area (Å²) in [6.45, 7) is 0. The molecule has 1 aliphatic heterocycles. The van der Waals surface area contributed by atoms with Crippen molar-refractivity contribution in [3.8, 4) is 5.75 Å². The third-order valence-electron chi connectivity index (χ3n) is 5.54. The molecule has 3 aromatic carbocycles.